The standard InChI is InChI=1S/C18H26N2O/c1-14(2)19-9-11-20(12-10-19)18(21)13-16-8-7-15-5-3-4-6-17(15)16/h3-6,14,16H,7-13H2,1-2H3/t16-/m0/s1. The van der Waals surface area contributed by atoms with Gasteiger partial charge in [0.15, 0.2) is 0 Å². The zero-order valence-electron chi connectivity index (χ0n) is 13.2. The van der Waals surface area contributed by atoms with Gasteiger partial charge in [0.1, 0.15) is 0 Å². The molecule has 21 heavy (non-hydrogen) atoms. The van der Waals surface area contributed by atoms with Crippen LogP contribution in [0.1, 0.15) is 43.7 Å². The smallest absolute Gasteiger partial charge is 0.223 e. The average molecular weight is 286 g/mol. The Labute approximate surface area is 127 Å². The van der Waals surface area contributed by atoms with Crippen LogP contribution in [-0.4, -0.2) is 47.9 Å². The largest absolute Gasteiger partial charge is 0.340 e. The topological polar surface area (TPSA) is 23.6 Å². The highest BCUT2D eigenvalue weighted by atomic mass is 16.2. The molecule has 2 aliphatic rings. The molecule has 1 saturated heterocycles. The number of hydrogen-bond acceptors (Lipinski definition) is 2. The summed E-state index contributed by atoms with van der Waals surface area (Å²) in [6.07, 6.45) is 2.96. The van der Waals surface area contributed by atoms with E-state index in [-0.39, 0.29) is 0 Å². The van der Waals surface area contributed by atoms with Crippen molar-refractivity contribution in [3.05, 3.63) is 35.4 Å². The third-order valence-electron chi connectivity index (χ3n) is 5.08. The summed E-state index contributed by atoms with van der Waals surface area (Å²) in [5.41, 5.74) is 2.85. The molecular weight excluding hydrogens is 260 g/mol. The fourth-order valence-corrected chi connectivity index (χ4v) is 3.68. The molecule has 0 unspecified atom stereocenters. The van der Waals surface area contributed by atoms with Crippen LogP contribution < -0.4 is 0 Å². The molecule has 1 amide bonds. The van der Waals surface area contributed by atoms with Gasteiger partial charge < -0.3 is 4.90 Å². The van der Waals surface area contributed by atoms with Crippen LogP contribution >= 0.6 is 0 Å². The first-order chi connectivity index (χ1) is 10.1. The van der Waals surface area contributed by atoms with E-state index >= 15 is 0 Å². The van der Waals surface area contributed by atoms with Gasteiger partial charge >= 0.3 is 0 Å². The van der Waals surface area contributed by atoms with Gasteiger partial charge in [-0.25, -0.2) is 0 Å². The lowest BCUT2D eigenvalue weighted by molar-refractivity contribution is -0.133. The zero-order valence-corrected chi connectivity index (χ0v) is 13.2. The van der Waals surface area contributed by atoms with Crippen molar-refractivity contribution in [2.24, 2.45) is 0 Å². The molecular formula is C18H26N2O. The molecule has 114 valence electrons. The van der Waals surface area contributed by atoms with E-state index in [1.54, 1.807) is 0 Å². The van der Waals surface area contributed by atoms with Gasteiger partial charge in [-0.05, 0) is 43.7 Å². The second-order valence-electron chi connectivity index (χ2n) is 6.65. The van der Waals surface area contributed by atoms with Crippen molar-refractivity contribution >= 4 is 5.91 Å². The summed E-state index contributed by atoms with van der Waals surface area (Å²) in [6.45, 7) is 8.28. The number of nitrogens with zero attached hydrogens (tertiary/aromatic N) is 2. The van der Waals surface area contributed by atoms with E-state index < -0.39 is 0 Å². The molecule has 0 radical (unpaired) electrons. The van der Waals surface area contributed by atoms with E-state index in [1.807, 2.05) is 0 Å². The molecule has 0 spiro atoms. The van der Waals surface area contributed by atoms with Crippen LogP contribution in [0.2, 0.25) is 0 Å². The van der Waals surface area contributed by atoms with E-state index in [0.29, 0.717) is 24.3 Å². The van der Waals surface area contributed by atoms with Crippen LogP contribution in [0.5, 0.6) is 0 Å². The normalized spacial score (nSPS) is 22.6. The molecule has 0 saturated carbocycles. The number of fused-ring (bicyclic) bond motifs is 1. The molecule has 3 heteroatoms. The number of hydrogen-bond donors (Lipinski definition) is 0. The maximum atomic E-state index is 12.5. The predicted octanol–water partition coefficient (Wildman–Crippen LogP) is 2.66. The maximum Gasteiger partial charge on any atom is 0.223 e. The number of carbonyl (C=O) groups excluding carboxylic acids is 1. The highest BCUT2D eigenvalue weighted by Gasteiger charge is 2.28. The second-order valence-corrected chi connectivity index (χ2v) is 6.65. The van der Waals surface area contributed by atoms with Crippen molar-refractivity contribution in [3.63, 3.8) is 0 Å². The maximum absolute atomic E-state index is 12.5. The number of piperazine rings is 1. The Kier molecular flexibility index (Phi) is 4.29. The molecule has 1 aliphatic carbocycles. The molecule has 1 aliphatic heterocycles. The van der Waals surface area contributed by atoms with Crippen molar-refractivity contribution in [1.82, 2.24) is 9.80 Å². The van der Waals surface area contributed by atoms with Crippen molar-refractivity contribution in [1.29, 1.82) is 0 Å². The third kappa shape index (κ3) is 3.13. The number of rotatable bonds is 3. The van der Waals surface area contributed by atoms with Gasteiger partial charge in [0, 0.05) is 38.6 Å². The van der Waals surface area contributed by atoms with Gasteiger partial charge in [-0.1, -0.05) is 24.3 Å². The Morgan fingerprint density at radius 1 is 1.19 bits per heavy atom. The lowest BCUT2D eigenvalue weighted by atomic mass is 9.97. The average Bonchev–Trinajstić information content (AvgIpc) is 2.91. The Bertz CT molecular complexity index is 504. The van der Waals surface area contributed by atoms with Gasteiger partial charge in [-0.2, -0.15) is 0 Å². The summed E-state index contributed by atoms with van der Waals surface area (Å²) in [5.74, 6) is 0.789. The lowest BCUT2D eigenvalue weighted by Gasteiger charge is -2.37. The first-order valence-electron chi connectivity index (χ1n) is 8.25. The van der Waals surface area contributed by atoms with E-state index in [1.165, 1.54) is 11.1 Å². The van der Waals surface area contributed by atoms with Gasteiger partial charge in [-0.15, -0.1) is 0 Å². The molecule has 1 fully saturated rings. The van der Waals surface area contributed by atoms with E-state index in [2.05, 4.69) is 47.9 Å². The van der Waals surface area contributed by atoms with E-state index in [9.17, 15) is 4.79 Å². The lowest BCUT2D eigenvalue weighted by Crippen LogP contribution is -2.50. The number of aryl methyl sites for hydroxylation is 1. The summed E-state index contributed by atoms with van der Waals surface area (Å²) in [5, 5.41) is 0. The van der Waals surface area contributed by atoms with Crippen molar-refractivity contribution in [2.75, 3.05) is 26.2 Å². The monoisotopic (exact) mass is 286 g/mol. The van der Waals surface area contributed by atoms with Crippen LogP contribution in [0.4, 0.5) is 0 Å². The number of benzene rings is 1. The number of carbonyl (C=O) groups is 1. The second kappa shape index (κ2) is 6.18. The van der Waals surface area contributed by atoms with Gasteiger partial charge in [0.25, 0.3) is 0 Å². The molecule has 3 nitrogen and oxygen atoms in total. The number of amides is 1. The SMILES string of the molecule is CC(C)N1CCN(C(=O)C[C@@H]2CCc3ccccc32)CC1. The molecule has 1 aromatic rings. The summed E-state index contributed by atoms with van der Waals surface area (Å²) >= 11 is 0. The highest BCUT2D eigenvalue weighted by molar-refractivity contribution is 5.77. The van der Waals surface area contributed by atoms with E-state index in [4.69, 9.17) is 0 Å². The Balaban J connectivity index is 1.56. The van der Waals surface area contributed by atoms with E-state index in [0.717, 1.165) is 39.0 Å². The van der Waals surface area contributed by atoms with Crippen LogP contribution in [0.3, 0.4) is 0 Å². The van der Waals surface area contributed by atoms with Crippen LogP contribution in [0.25, 0.3) is 0 Å². The third-order valence-corrected chi connectivity index (χ3v) is 5.08. The molecule has 0 N–H and O–H groups in total. The summed E-state index contributed by atoms with van der Waals surface area (Å²) < 4.78 is 0. The first kappa shape index (κ1) is 14.6. The summed E-state index contributed by atoms with van der Waals surface area (Å²) in [7, 11) is 0. The first-order valence-corrected chi connectivity index (χ1v) is 8.25. The minimum Gasteiger partial charge on any atom is -0.340 e. The minimum atomic E-state index is 0.347. The fraction of sp³-hybridized carbons (Fsp3) is 0.611. The van der Waals surface area contributed by atoms with Crippen molar-refractivity contribution < 1.29 is 4.79 Å². The van der Waals surface area contributed by atoms with Gasteiger partial charge in [0.05, 0.1) is 0 Å². The molecule has 0 bridgehead atoms. The molecule has 1 heterocycles. The van der Waals surface area contributed by atoms with Crippen molar-refractivity contribution in [2.45, 2.75) is 45.1 Å². The fourth-order valence-electron chi connectivity index (χ4n) is 3.68. The molecule has 0 aromatic heterocycles. The quantitative estimate of drug-likeness (QED) is 0.853. The predicted molar refractivity (Wildman–Crippen MR) is 85.4 cm³/mol. The van der Waals surface area contributed by atoms with Crippen LogP contribution in [0, 0.1) is 0 Å². The van der Waals surface area contributed by atoms with Crippen LogP contribution in [-0.2, 0) is 11.2 Å². The van der Waals surface area contributed by atoms with Crippen molar-refractivity contribution in [3.8, 4) is 0 Å². The Hall–Kier alpha value is -1.35. The van der Waals surface area contributed by atoms with Gasteiger partial charge in [0.2, 0.25) is 5.91 Å². The zero-order chi connectivity index (χ0) is 14.8. The summed E-state index contributed by atoms with van der Waals surface area (Å²) in [4.78, 5) is 17.1. The molecule has 1 aromatic carbocycles. The Morgan fingerprint density at radius 2 is 1.90 bits per heavy atom. The molecule has 1 atom stereocenters. The van der Waals surface area contributed by atoms with Crippen LogP contribution in [0.15, 0.2) is 24.3 Å². The highest BCUT2D eigenvalue weighted by Crippen LogP contribution is 2.35. The Morgan fingerprint density at radius 3 is 2.62 bits per heavy atom. The molecule has 3 rings (SSSR count). The minimum absolute atomic E-state index is 0.347. The van der Waals surface area contributed by atoms with Gasteiger partial charge in [-0.3, -0.25) is 9.69 Å². The summed E-state index contributed by atoms with van der Waals surface area (Å²) in [6, 6.07) is 9.21.